The van der Waals surface area contributed by atoms with Gasteiger partial charge in [0.05, 0.1) is 0 Å². The average Bonchev–Trinajstić information content (AvgIpc) is 1.84. The van der Waals surface area contributed by atoms with E-state index < -0.39 is 18.9 Å². The zero-order valence-corrected chi connectivity index (χ0v) is 10.4. The number of hydrogen-bond acceptors (Lipinski definition) is 2. The minimum atomic E-state index is -1.84. The van der Waals surface area contributed by atoms with Gasteiger partial charge in [-0.25, -0.2) is 0 Å². The van der Waals surface area contributed by atoms with Crippen LogP contribution in [0.4, 0.5) is 0 Å². The Kier molecular flexibility index (Phi) is 2.63. The summed E-state index contributed by atoms with van der Waals surface area (Å²) in [6.45, 7) is 2.65. The fraction of sp³-hybridized carbons (Fsp3) is 1.00. The van der Waals surface area contributed by atoms with E-state index in [1.807, 2.05) is 0 Å². The van der Waals surface area contributed by atoms with E-state index in [2.05, 4.69) is 30.2 Å². The molecule has 0 aromatic heterocycles. The fourth-order valence-corrected chi connectivity index (χ4v) is 7.07. The van der Waals surface area contributed by atoms with Gasteiger partial charge in [-0.2, -0.15) is 0 Å². The van der Waals surface area contributed by atoms with Crippen molar-refractivity contribution in [3.05, 3.63) is 0 Å². The first-order valence-corrected chi connectivity index (χ1v) is 12.2. The molecular formula is C7H18N2Sn. The van der Waals surface area contributed by atoms with Gasteiger partial charge in [-0.15, -0.1) is 0 Å². The third kappa shape index (κ3) is 1.48. The minimum absolute atomic E-state index is 1.33. The molecule has 1 fully saturated rings. The molecule has 10 heavy (non-hydrogen) atoms. The molecular weight excluding hydrogens is 231 g/mol. The van der Waals surface area contributed by atoms with Crippen molar-refractivity contribution in [2.75, 3.05) is 27.2 Å². The molecule has 0 atom stereocenters. The molecule has 0 aliphatic carbocycles. The van der Waals surface area contributed by atoms with Crippen molar-refractivity contribution < 1.29 is 0 Å². The Morgan fingerprint density at radius 3 is 1.70 bits per heavy atom. The Labute approximate surface area is 68.8 Å². The second kappa shape index (κ2) is 2.99. The van der Waals surface area contributed by atoms with Gasteiger partial charge in [0.1, 0.15) is 0 Å². The average molecular weight is 249 g/mol. The molecule has 0 unspecified atom stereocenters. The molecule has 3 heteroatoms. The summed E-state index contributed by atoms with van der Waals surface area (Å²) in [4.78, 5) is 4.96. The van der Waals surface area contributed by atoms with Gasteiger partial charge >= 0.3 is 68.7 Å². The first-order valence-electron chi connectivity index (χ1n) is 3.97. The van der Waals surface area contributed by atoms with E-state index in [1.165, 1.54) is 19.5 Å². The summed E-state index contributed by atoms with van der Waals surface area (Å²) < 4.78 is 5.22. The number of nitrogens with zero attached hydrogens (tertiary/aromatic N) is 2. The van der Waals surface area contributed by atoms with Crippen molar-refractivity contribution in [1.82, 2.24) is 6.24 Å². The van der Waals surface area contributed by atoms with Crippen molar-refractivity contribution in [2.45, 2.75) is 16.3 Å². The molecule has 0 bridgehead atoms. The molecule has 60 valence electrons. The fourth-order valence-electron chi connectivity index (χ4n) is 1.38. The van der Waals surface area contributed by atoms with Crippen molar-refractivity contribution in [3.8, 4) is 0 Å². The standard InChI is InChI=1S/C5H12N2.2CH3.Sn/c1-6-4-3-5-7-2;;;/h3-5H2,1-2H3;2*1H3;/q-2;;;+2. The predicted molar refractivity (Wildman–Crippen MR) is 47.4 cm³/mol. The van der Waals surface area contributed by atoms with Crippen LogP contribution < -0.4 is 0 Å². The van der Waals surface area contributed by atoms with Gasteiger partial charge in [0.2, 0.25) is 0 Å². The Balaban J connectivity index is 2.63. The molecule has 0 amide bonds. The molecule has 0 spiro atoms. The SMILES string of the molecule is C[N]1CCC[N](C)[Sn]1([CH3])[CH3]. The Morgan fingerprint density at radius 2 is 1.40 bits per heavy atom. The Bertz CT molecular complexity index is 113. The van der Waals surface area contributed by atoms with Crippen LogP contribution in [0.5, 0.6) is 0 Å². The summed E-state index contributed by atoms with van der Waals surface area (Å²) in [5, 5.41) is 0. The summed E-state index contributed by atoms with van der Waals surface area (Å²) in [6.07, 6.45) is 1.35. The van der Waals surface area contributed by atoms with E-state index in [-0.39, 0.29) is 0 Å². The Morgan fingerprint density at radius 1 is 1.00 bits per heavy atom. The first kappa shape index (κ1) is 8.81. The molecule has 2 nitrogen and oxygen atoms in total. The normalized spacial score (nSPS) is 28.8. The Hall–Kier alpha value is 0.719. The molecule has 0 aromatic carbocycles. The molecule has 0 saturated carbocycles. The summed E-state index contributed by atoms with van der Waals surface area (Å²) in [7, 11) is 4.57. The van der Waals surface area contributed by atoms with Crippen LogP contribution in [0.2, 0.25) is 9.88 Å². The van der Waals surface area contributed by atoms with Gasteiger partial charge in [0, 0.05) is 0 Å². The van der Waals surface area contributed by atoms with Crippen molar-refractivity contribution in [3.63, 3.8) is 0 Å². The van der Waals surface area contributed by atoms with Gasteiger partial charge in [-0.3, -0.25) is 0 Å². The van der Waals surface area contributed by atoms with Crippen LogP contribution in [0.3, 0.4) is 0 Å². The predicted octanol–water partition coefficient (Wildman–Crippen LogP) is 0.955. The van der Waals surface area contributed by atoms with E-state index in [1.54, 1.807) is 0 Å². The molecule has 1 heterocycles. The van der Waals surface area contributed by atoms with E-state index in [0.717, 1.165) is 0 Å². The van der Waals surface area contributed by atoms with E-state index in [9.17, 15) is 0 Å². The maximum absolute atomic E-state index is 2.61. The summed E-state index contributed by atoms with van der Waals surface area (Å²) in [6, 6.07) is 0. The van der Waals surface area contributed by atoms with Gasteiger partial charge < -0.3 is 0 Å². The third-order valence-electron chi connectivity index (χ3n) is 2.86. The second-order valence-corrected chi connectivity index (χ2v) is 16.6. The van der Waals surface area contributed by atoms with Crippen molar-refractivity contribution in [1.29, 1.82) is 0 Å². The molecule has 0 aromatic rings. The monoisotopic (exact) mass is 250 g/mol. The molecule has 0 N–H and O–H groups in total. The zero-order valence-electron chi connectivity index (χ0n) is 7.52. The van der Waals surface area contributed by atoms with Crippen LogP contribution in [0.25, 0.3) is 0 Å². The molecule has 0 radical (unpaired) electrons. The molecule has 1 aliphatic heterocycles. The van der Waals surface area contributed by atoms with Crippen LogP contribution in [0, 0.1) is 0 Å². The van der Waals surface area contributed by atoms with Gasteiger partial charge in [0.25, 0.3) is 0 Å². The second-order valence-electron chi connectivity index (χ2n) is 3.69. The van der Waals surface area contributed by atoms with E-state index in [0.29, 0.717) is 0 Å². The number of rotatable bonds is 0. The topological polar surface area (TPSA) is 6.48 Å². The van der Waals surface area contributed by atoms with Crippen molar-refractivity contribution >= 4 is 18.9 Å². The molecule has 1 saturated heterocycles. The van der Waals surface area contributed by atoms with E-state index in [4.69, 9.17) is 0 Å². The summed E-state index contributed by atoms with van der Waals surface area (Å²) >= 11 is -1.84. The van der Waals surface area contributed by atoms with Gasteiger partial charge in [-0.05, 0) is 0 Å². The van der Waals surface area contributed by atoms with Crippen LogP contribution in [-0.2, 0) is 0 Å². The van der Waals surface area contributed by atoms with Crippen LogP contribution in [0.15, 0.2) is 0 Å². The zero-order chi connectivity index (χ0) is 7.78. The summed E-state index contributed by atoms with van der Waals surface area (Å²) in [5.74, 6) is 0. The van der Waals surface area contributed by atoms with Gasteiger partial charge in [0.15, 0.2) is 0 Å². The maximum atomic E-state index is 2.61. The van der Waals surface area contributed by atoms with E-state index >= 15 is 0 Å². The van der Waals surface area contributed by atoms with Crippen molar-refractivity contribution in [2.24, 2.45) is 0 Å². The summed E-state index contributed by atoms with van der Waals surface area (Å²) in [5.41, 5.74) is 0. The van der Waals surface area contributed by atoms with Gasteiger partial charge in [-0.1, -0.05) is 0 Å². The number of hydrogen-bond donors (Lipinski definition) is 0. The van der Waals surface area contributed by atoms with Crippen LogP contribution in [0.1, 0.15) is 6.42 Å². The molecule has 1 rings (SSSR count). The van der Waals surface area contributed by atoms with Crippen LogP contribution in [-0.4, -0.2) is 52.4 Å². The quantitative estimate of drug-likeness (QED) is 0.590. The molecule has 1 aliphatic rings. The third-order valence-corrected chi connectivity index (χ3v) is 14.8. The van der Waals surface area contributed by atoms with Crippen LogP contribution >= 0.6 is 0 Å². The first-order chi connectivity index (χ1) is 4.55.